The van der Waals surface area contributed by atoms with Crippen LogP contribution >= 0.6 is 0 Å². The molecule has 1 aromatic carbocycles. The molecule has 1 aliphatic rings. The number of fused-ring (bicyclic) bond motifs is 1. The van der Waals surface area contributed by atoms with E-state index in [0.717, 1.165) is 19.8 Å². The Kier molecular flexibility index (Phi) is 2.92. The number of anilines is 1. The Morgan fingerprint density at radius 2 is 2.35 bits per heavy atom. The van der Waals surface area contributed by atoms with Crippen molar-refractivity contribution in [2.24, 2.45) is 5.92 Å². The van der Waals surface area contributed by atoms with Gasteiger partial charge in [-0.1, -0.05) is 12.1 Å². The Balaban J connectivity index is 1.79. The van der Waals surface area contributed by atoms with Crippen LogP contribution in [0.15, 0.2) is 36.7 Å². The van der Waals surface area contributed by atoms with E-state index in [1.54, 1.807) is 0 Å². The second-order valence-electron chi connectivity index (χ2n) is 4.51. The molecule has 3 rings (SSSR count). The third-order valence-electron chi connectivity index (χ3n) is 3.29. The molecule has 0 spiro atoms. The van der Waals surface area contributed by atoms with Crippen LogP contribution in [0.3, 0.4) is 0 Å². The zero-order chi connectivity index (χ0) is 11.5. The van der Waals surface area contributed by atoms with Crippen molar-refractivity contribution < 1.29 is 4.74 Å². The molecule has 2 heterocycles. The maximum Gasteiger partial charge on any atom is 0.0511 e. The summed E-state index contributed by atoms with van der Waals surface area (Å²) < 4.78 is 5.38. The number of rotatable bonds is 3. The van der Waals surface area contributed by atoms with Crippen LogP contribution in [0.25, 0.3) is 10.8 Å². The zero-order valence-corrected chi connectivity index (χ0v) is 9.73. The lowest BCUT2D eigenvalue weighted by Crippen LogP contribution is -2.14. The molecule has 1 saturated heterocycles. The molecule has 1 N–H and O–H groups in total. The molecule has 0 bridgehead atoms. The topological polar surface area (TPSA) is 34.1 Å². The van der Waals surface area contributed by atoms with Gasteiger partial charge >= 0.3 is 0 Å². The number of pyridine rings is 1. The summed E-state index contributed by atoms with van der Waals surface area (Å²) in [6.07, 6.45) is 4.91. The molecular formula is C14H16N2O. The van der Waals surface area contributed by atoms with Crippen LogP contribution in [-0.2, 0) is 4.74 Å². The molecule has 1 fully saturated rings. The monoisotopic (exact) mass is 228 g/mol. The molecule has 88 valence electrons. The molecule has 0 saturated carbocycles. The Morgan fingerprint density at radius 3 is 3.24 bits per heavy atom. The fourth-order valence-electron chi connectivity index (χ4n) is 2.28. The van der Waals surface area contributed by atoms with E-state index >= 15 is 0 Å². The lowest BCUT2D eigenvalue weighted by Gasteiger charge is -2.12. The maximum atomic E-state index is 5.38. The first kappa shape index (κ1) is 10.5. The standard InChI is InChI=1S/C14H16N2O/c1-2-12-9-15-6-4-13(12)14(3-1)16-8-11-5-7-17-10-11/h1-4,6,9,11,16H,5,7-8,10H2. The third-order valence-corrected chi connectivity index (χ3v) is 3.29. The number of nitrogens with zero attached hydrogens (tertiary/aromatic N) is 1. The van der Waals surface area contributed by atoms with Crippen molar-refractivity contribution in [2.75, 3.05) is 25.1 Å². The van der Waals surface area contributed by atoms with Gasteiger partial charge in [0.05, 0.1) is 6.61 Å². The summed E-state index contributed by atoms with van der Waals surface area (Å²) in [5.41, 5.74) is 1.19. The zero-order valence-electron chi connectivity index (χ0n) is 9.73. The van der Waals surface area contributed by atoms with Gasteiger partial charge in [0.2, 0.25) is 0 Å². The molecule has 3 heteroatoms. The highest BCUT2D eigenvalue weighted by molar-refractivity contribution is 5.93. The first-order chi connectivity index (χ1) is 8.43. The van der Waals surface area contributed by atoms with E-state index in [1.165, 1.54) is 22.9 Å². The van der Waals surface area contributed by atoms with E-state index in [1.807, 2.05) is 12.4 Å². The normalized spacial score (nSPS) is 19.6. The predicted octanol–water partition coefficient (Wildman–Crippen LogP) is 2.68. The van der Waals surface area contributed by atoms with Crippen LogP contribution in [0.1, 0.15) is 6.42 Å². The second kappa shape index (κ2) is 4.72. The largest absolute Gasteiger partial charge is 0.384 e. The Labute approximate surface area is 101 Å². The summed E-state index contributed by atoms with van der Waals surface area (Å²) in [6, 6.07) is 8.34. The van der Waals surface area contributed by atoms with Crippen molar-refractivity contribution in [3.8, 4) is 0 Å². The summed E-state index contributed by atoms with van der Waals surface area (Å²) in [5, 5.41) is 5.94. The minimum atomic E-state index is 0.645. The van der Waals surface area contributed by atoms with Crippen LogP contribution in [0.2, 0.25) is 0 Å². The van der Waals surface area contributed by atoms with Gasteiger partial charge in [0.1, 0.15) is 0 Å². The minimum Gasteiger partial charge on any atom is -0.384 e. The minimum absolute atomic E-state index is 0.645. The average molecular weight is 228 g/mol. The first-order valence-electron chi connectivity index (χ1n) is 6.08. The van der Waals surface area contributed by atoms with E-state index in [0.29, 0.717) is 5.92 Å². The number of aromatic nitrogens is 1. The van der Waals surface area contributed by atoms with Crippen LogP contribution in [0, 0.1) is 5.92 Å². The van der Waals surface area contributed by atoms with Crippen molar-refractivity contribution in [1.82, 2.24) is 4.98 Å². The molecule has 1 atom stereocenters. The predicted molar refractivity (Wildman–Crippen MR) is 69.2 cm³/mol. The van der Waals surface area contributed by atoms with Gasteiger partial charge in [-0.25, -0.2) is 0 Å². The van der Waals surface area contributed by atoms with Gasteiger partial charge < -0.3 is 10.1 Å². The Morgan fingerprint density at radius 1 is 1.35 bits per heavy atom. The fourth-order valence-corrected chi connectivity index (χ4v) is 2.28. The summed E-state index contributed by atoms with van der Waals surface area (Å²) in [5.74, 6) is 0.645. The van der Waals surface area contributed by atoms with Gasteiger partial charge in [0.15, 0.2) is 0 Å². The van der Waals surface area contributed by atoms with Crippen LogP contribution in [-0.4, -0.2) is 24.7 Å². The molecule has 1 unspecified atom stereocenters. The quantitative estimate of drug-likeness (QED) is 0.877. The van der Waals surface area contributed by atoms with E-state index in [-0.39, 0.29) is 0 Å². The highest BCUT2D eigenvalue weighted by Gasteiger charge is 2.15. The van der Waals surface area contributed by atoms with Crippen molar-refractivity contribution >= 4 is 16.5 Å². The lowest BCUT2D eigenvalue weighted by molar-refractivity contribution is 0.187. The third kappa shape index (κ3) is 2.24. The van der Waals surface area contributed by atoms with Crippen LogP contribution in [0.4, 0.5) is 5.69 Å². The molecule has 1 aliphatic heterocycles. The summed E-state index contributed by atoms with van der Waals surface area (Å²) in [6.45, 7) is 2.78. The smallest absolute Gasteiger partial charge is 0.0511 e. The molecule has 3 nitrogen and oxygen atoms in total. The van der Waals surface area contributed by atoms with E-state index in [4.69, 9.17) is 4.74 Å². The van der Waals surface area contributed by atoms with Crippen molar-refractivity contribution in [3.05, 3.63) is 36.7 Å². The van der Waals surface area contributed by atoms with Gasteiger partial charge in [-0.15, -0.1) is 0 Å². The van der Waals surface area contributed by atoms with Crippen molar-refractivity contribution in [2.45, 2.75) is 6.42 Å². The highest BCUT2D eigenvalue weighted by atomic mass is 16.5. The number of ether oxygens (including phenoxy) is 1. The molecule has 1 aromatic heterocycles. The van der Waals surface area contributed by atoms with Gasteiger partial charge in [-0.3, -0.25) is 4.98 Å². The molecule has 17 heavy (non-hydrogen) atoms. The molecule has 0 amide bonds. The highest BCUT2D eigenvalue weighted by Crippen LogP contribution is 2.23. The number of hydrogen-bond acceptors (Lipinski definition) is 3. The summed E-state index contributed by atoms with van der Waals surface area (Å²) >= 11 is 0. The first-order valence-corrected chi connectivity index (χ1v) is 6.08. The maximum absolute atomic E-state index is 5.38. The molecule has 0 radical (unpaired) electrons. The van der Waals surface area contributed by atoms with Gasteiger partial charge in [0.25, 0.3) is 0 Å². The van der Waals surface area contributed by atoms with Gasteiger partial charge in [-0.05, 0) is 18.6 Å². The van der Waals surface area contributed by atoms with Gasteiger partial charge in [0, 0.05) is 47.9 Å². The molecule has 2 aromatic rings. The SMILES string of the molecule is c1cc(NCC2CCOC2)c2ccncc2c1. The van der Waals surface area contributed by atoms with Crippen molar-refractivity contribution in [3.63, 3.8) is 0 Å². The number of hydrogen-bond donors (Lipinski definition) is 1. The lowest BCUT2D eigenvalue weighted by atomic mass is 10.1. The van der Waals surface area contributed by atoms with Crippen LogP contribution in [0.5, 0.6) is 0 Å². The second-order valence-corrected chi connectivity index (χ2v) is 4.51. The van der Waals surface area contributed by atoms with Crippen LogP contribution < -0.4 is 5.32 Å². The Hall–Kier alpha value is -1.61. The molecular weight excluding hydrogens is 212 g/mol. The summed E-state index contributed by atoms with van der Waals surface area (Å²) in [7, 11) is 0. The fraction of sp³-hybridized carbons (Fsp3) is 0.357. The number of nitrogens with one attached hydrogen (secondary N) is 1. The summed E-state index contributed by atoms with van der Waals surface area (Å²) in [4.78, 5) is 4.14. The number of benzene rings is 1. The van der Waals surface area contributed by atoms with Crippen molar-refractivity contribution in [1.29, 1.82) is 0 Å². The van der Waals surface area contributed by atoms with Gasteiger partial charge in [-0.2, -0.15) is 0 Å². The Bertz CT molecular complexity index is 501. The van der Waals surface area contributed by atoms with E-state index in [9.17, 15) is 0 Å². The van der Waals surface area contributed by atoms with E-state index < -0.39 is 0 Å². The average Bonchev–Trinajstić information content (AvgIpc) is 2.89. The van der Waals surface area contributed by atoms with E-state index in [2.05, 4.69) is 34.6 Å². The molecule has 0 aliphatic carbocycles.